The Morgan fingerprint density at radius 2 is 0.619 bits per heavy atom. The molecule has 9 aliphatic rings. The Hall–Kier alpha value is -3.56. The van der Waals surface area contributed by atoms with Gasteiger partial charge in [-0.25, -0.2) is 4.31 Å². The first-order valence-electron chi connectivity index (χ1n) is 45.6. The molecule has 9 heterocycles. The Labute approximate surface area is 798 Å². The van der Waals surface area contributed by atoms with Crippen molar-refractivity contribution in [1.82, 2.24) is 10.6 Å². The van der Waals surface area contributed by atoms with Gasteiger partial charge in [-0.05, 0) is 98.3 Å². The predicted octanol–water partition coefficient (Wildman–Crippen LogP) is -12.4. The van der Waals surface area contributed by atoms with Crippen LogP contribution >= 0.6 is 15.6 Å². The molecule has 9 rings (SSSR count). The van der Waals surface area contributed by atoms with Gasteiger partial charge in [-0.15, -0.1) is 0 Å². The van der Waals surface area contributed by atoms with Crippen LogP contribution in [0.5, 0.6) is 0 Å². The third-order valence-electron chi connectivity index (χ3n) is 25.1. The number of phosphoric ester groups is 2. The fourth-order valence-electron chi connectivity index (χ4n) is 17.1. The van der Waals surface area contributed by atoms with E-state index in [1.165, 1.54) is 16.7 Å². The molecular formula is C83H140N2O52P2-2. The van der Waals surface area contributed by atoms with E-state index in [0.29, 0.717) is 12.8 Å². The molecule has 9 fully saturated rings. The Morgan fingerprint density at radius 3 is 1.02 bits per heavy atom. The second kappa shape index (κ2) is 54.6. The number of carbonyl (C=O) groups is 2. The molecule has 2 amide bonds. The van der Waals surface area contributed by atoms with Gasteiger partial charge in [0.2, 0.25) is 11.8 Å². The van der Waals surface area contributed by atoms with E-state index in [1.807, 2.05) is 13.8 Å². The van der Waals surface area contributed by atoms with Gasteiger partial charge in [-0.1, -0.05) is 53.5 Å². The van der Waals surface area contributed by atoms with Crippen LogP contribution in [0, 0.1) is 5.92 Å². The van der Waals surface area contributed by atoms with Crippen molar-refractivity contribution >= 4 is 27.5 Å². The van der Waals surface area contributed by atoms with Crippen LogP contribution < -0.4 is 20.4 Å². The summed E-state index contributed by atoms with van der Waals surface area (Å²) in [6.07, 6.45) is -79.7. The van der Waals surface area contributed by atoms with E-state index < -0.39 is 370 Å². The number of phosphoric acid groups is 2. The quantitative estimate of drug-likeness (QED) is 0.0199. The van der Waals surface area contributed by atoms with E-state index in [2.05, 4.69) is 66.9 Å². The van der Waals surface area contributed by atoms with Crippen LogP contribution in [-0.4, -0.2) is 487 Å². The molecule has 56 heteroatoms. The molecule has 28 N–H and O–H groups in total. The first-order valence-corrected chi connectivity index (χ1v) is 48.6. The van der Waals surface area contributed by atoms with E-state index in [9.17, 15) is 161 Å². The molecule has 0 spiro atoms. The molecule has 0 aromatic carbocycles. The summed E-state index contributed by atoms with van der Waals surface area (Å²) in [5.41, 5.74) is 5.07. The van der Waals surface area contributed by atoms with Crippen LogP contribution in [0.15, 0.2) is 46.6 Å². The van der Waals surface area contributed by atoms with E-state index in [1.54, 1.807) is 0 Å². The maximum atomic E-state index is 13.6. The lowest BCUT2D eigenvalue weighted by atomic mass is 9.94. The predicted molar refractivity (Wildman–Crippen MR) is 453 cm³/mol. The Balaban J connectivity index is 0.952. The van der Waals surface area contributed by atoms with Crippen LogP contribution in [0.1, 0.15) is 113 Å². The van der Waals surface area contributed by atoms with Gasteiger partial charge in [0.1, 0.15) is 220 Å². The maximum Gasteiger partial charge on any atom is 0.276 e. The summed E-state index contributed by atoms with van der Waals surface area (Å²) >= 11 is 0. The van der Waals surface area contributed by atoms with Crippen molar-refractivity contribution in [2.24, 2.45) is 5.92 Å². The van der Waals surface area contributed by atoms with Crippen LogP contribution in [0.4, 0.5) is 0 Å². The normalized spacial score (nSPS) is 43.4. The molecule has 0 bridgehead atoms. The minimum Gasteiger partial charge on any atom is -0.756 e. The first kappa shape index (κ1) is 119. The molecule has 9 saturated heterocycles. The average molecular weight is 2060 g/mol. The van der Waals surface area contributed by atoms with E-state index in [0.717, 1.165) is 57.9 Å². The van der Waals surface area contributed by atoms with Crippen molar-refractivity contribution in [3.63, 3.8) is 0 Å². The number of aliphatic hydroxyl groups is 26. The first-order chi connectivity index (χ1) is 65.6. The van der Waals surface area contributed by atoms with E-state index in [-0.39, 0.29) is 12.3 Å². The zero-order valence-electron chi connectivity index (χ0n) is 77.4. The van der Waals surface area contributed by atoms with Crippen LogP contribution in [-0.2, 0) is 113 Å². The standard InChI is InChI=1S/C83H142N2O52P2/c1-32(2)13-9-14-33(3)15-10-16-34(4)17-11-18-35(5)19-12-20-36(6)21-22-119-138(114,115)137-139(116,117)136-76-49(85-38(8)95)58(104)68(46(30-93)127-76)129-75-48(84-37(7)94)57(103)69(45(29-92)126-75)130-80-67(113)71(132-82-74(63(109)54(100)42(26-89)124-82)135-83-73(62(108)53(99)43(27-90)125-83)134-79-65(111)60(106)51(97)40(24-87)122-79)56(102)47(128-80)31-118-77-66(112)70(55(101)44(28-91)120-77)131-81-72(61(107)52(98)41(25-88)123-81)133-78-64(110)59(105)50(96)39(23-86)121-78/h13,15,17,19,36,39-83,86-93,96-113H,9-12,14,16,18,20-31H2,1-8H3,(H,84,94)(H,85,95)(H,114,115)(H,116,117)/p-2/b33-15+,34-17+,35-19-/t36?,39-,40-,41-,42-,43-,44-,45-,46-,47-,48-,49-,50-,51-,52-,53-,54-,55-,56-,57-,58-,59+,60+,61+,62+,63+,64+,65+,66+,67+,68-,69-,70+,71+,72+,73+,74+,75+,76-,77+,78-,79-,80+,81-,82-,83-/m1/s1. The molecule has 54 nitrogen and oxygen atoms in total. The second-order valence-electron chi connectivity index (χ2n) is 36.1. The molecule has 0 aliphatic carbocycles. The van der Waals surface area contributed by atoms with Gasteiger partial charge in [-0.2, -0.15) is 0 Å². The zero-order chi connectivity index (χ0) is 103. The van der Waals surface area contributed by atoms with Gasteiger partial charge < -0.3 is 238 Å². The van der Waals surface area contributed by atoms with Gasteiger partial charge in [0.15, 0.2) is 56.6 Å². The number of hydrogen-bond acceptors (Lipinski definition) is 52. The van der Waals surface area contributed by atoms with Crippen LogP contribution in [0.25, 0.3) is 0 Å². The second-order valence-corrected chi connectivity index (χ2v) is 39.0. The fraction of sp³-hybridized carbons (Fsp3) is 0.880. The van der Waals surface area contributed by atoms with Crippen LogP contribution in [0.2, 0.25) is 0 Å². The van der Waals surface area contributed by atoms with Crippen molar-refractivity contribution < 1.29 is 255 Å². The molecule has 48 atom stereocenters. The lowest BCUT2D eigenvalue weighted by molar-refractivity contribution is -0.408. The van der Waals surface area contributed by atoms with Crippen molar-refractivity contribution in [3.8, 4) is 0 Å². The topological polar surface area (TPSA) is 849 Å². The van der Waals surface area contributed by atoms with Crippen molar-refractivity contribution in [2.45, 2.75) is 389 Å². The largest absolute Gasteiger partial charge is 0.756 e. The Kier molecular flexibility index (Phi) is 46.7. The summed E-state index contributed by atoms with van der Waals surface area (Å²) < 4.78 is 141. The fourth-order valence-corrected chi connectivity index (χ4v) is 19.2. The van der Waals surface area contributed by atoms with Crippen molar-refractivity contribution in [1.29, 1.82) is 0 Å². The number of carbonyl (C=O) groups excluding carboxylic acids is 2. The lowest BCUT2D eigenvalue weighted by Crippen LogP contribution is -2.70. The molecule has 0 aromatic rings. The molecule has 139 heavy (non-hydrogen) atoms. The number of ether oxygens (including phenoxy) is 17. The summed E-state index contributed by atoms with van der Waals surface area (Å²) in [6, 6.07) is -4.28. The van der Waals surface area contributed by atoms with Gasteiger partial charge in [0.05, 0.1) is 66.1 Å². The van der Waals surface area contributed by atoms with Crippen molar-refractivity contribution in [3.05, 3.63) is 46.6 Å². The minimum atomic E-state index is -6.25. The third-order valence-corrected chi connectivity index (χ3v) is 27.7. The number of hydrogen-bond donors (Lipinski definition) is 28. The zero-order valence-corrected chi connectivity index (χ0v) is 79.2. The number of allylic oxidation sites excluding steroid dienone is 8. The average Bonchev–Trinajstić information content (AvgIpc) is 0.792. The number of nitrogens with one attached hydrogen (secondary N) is 2. The molecule has 0 radical (unpaired) electrons. The molecule has 3 unspecified atom stereocenters. The van der Waals surface area contributed by atoms with E-state index in [4.69, 9.17) is 89.6 Å². The summed E-state index contributed by atoms with van der Waals surface area (Å²) in [7, 11) is -12.1. The smallest absolute Gasteiger partial charge is 0.276 e. The molecule has 0 saturated carbocycles. The van der Waals surface area contributed by atoms with Gasteiger partial charge in [0, 0.05) is 13.8 Å². The highest BCUT2D eigenvalue weighted by Gasteiger charge is 2.62. The molecule has 9 aliphatic heterocycles. The maximum absolute atomic E-state index is 13.6. The molecule has 0 aromatic heterocycles. The van der Waals surface area contributed by atoms with Gasteiger partial charge in [-0.3, -0.25) is 23.2 Å². The molecule has 806 valence electrons. The highest BCUT2D eigenvalue weighted by molar-refractivity contribution is 7.59. The van der Waals surface area contributed by atoms with Gasteiger partial charge >= 0.3 is 0 Å². The van der Waals surface area contributed by atoms with Gasteiger partial charge in [0.25, 0.3) is 15.6 Å². The summed E-state index contributed by atoms with van der Waals surface area (Å²) in [4.78, 5) is 52.9. The Bertz CT molecular complexity index is 3960. The third kappa shape index (κ3) is 31.1. The highest BCUT2D eigenvalue weighted by atomic mass is 31.3. The number of aliphatic hydroxyl groups excluding tert-OH is 26. The summed E-state index contributed by atoms with van der Waals surface area (Å²) in [5.74, 6) is -2.26. The summed E-state index contributed by atoms with van der Waals surface area (Å²) in [6.45, 7) is 2.77. The Morgan fingerprint density at radius 1 is 0.317 bits per heavy atom. The highest BCUT2D eigenvalue weighted by Crippen LogP contribution is 2.57. The van der Waals surface area contributed by atoms with Crippen LogP contribution in [0.3, 0.4) is 0 Å². The monoisotopic (exact) mass is 2060 g/mol. The lowest BCUT2D eigenvalue weighted by Gasteiger charge is -2.51. The van der Waals surface area contributed by atoms with Crippen molar-refractivity contribution in [2.75, 3.05) is 66.1 Å². The molecular weight excluding hydrogens is 1920 g/mol. The van der Waals surface area contributed by atoms with E-state index >= 15 is 0 Å². The summed E-state index contributed by atoms with van der Waals surface area (Å²) in [5, 5.41) is 295. The minimum absolute atomic E-state index is 0.100. The SMILES string of the molecule is CC(=O)N[C@H]1[C@H](O[C@H]2[C@H](O)[C@@H](NC(C)=O)[C@@H](OP(=O)([O-])OP(=O)([O-])OCCC(C)CC/C=C(/C)CC/C=C(\C)CC/C=C(\C)CCC=C(C)C)O[C@@H]2CO)O[C@H](CO)[C@@H](O[C@@H]2O[C@H](CO[C@H]3O[C@H](CO)[C@@H](O)[C@H](O[C@H]4O[C@H](CO)[C@@H](O)[C@H](O)[C@@H]4O[C@H]4O[C@H](CO)[C@@H](O)[C@H](O)[C@@H]4O)[C@@H]3O)[C@@H](O)[C@H](O[C@H]3O[C@H](CO)[C@@H](O)[C@H](O)[C@@H]3O[C@H]3O[C@H](CO)[C@@H](O)[C@H](O)[C@@H]3O[C@H]3O[C@H](CO)[C@@H](O)[C@H](O)[C@@H]3O)[C@@H]2O)[C@@H]1O. The number of rotatable bonds is 47. The number of amides is 2.